The first-order chi connectivity index (χ1) is 17.2. The van der Waals surface area contributed by atoms with Crippen molar-refractivity contribution < 1.29 is 43.9 Å². The van der Waals surface area contributed by atoms with E-state index >= 15 is 0 Å². The van der Waals surface area contributed by atoms with Gasteiger partial charge >= 0.3 is 6.16 Å². The van der Waals surface area contributed by atoms with Gasteiger partial charge in [0.2, 0.25) is 18.1 Å². The van der Waals surface area contributed by atoms with Crippen LogP contribution in [0.25, 0.3) is 0 Å². The molecule has 0 saturated carbocycles. The van der Waals surface area contributed by atoms with E-state index in [4.69, 9.17) is 14.2 Å². The van der Waals surface area contributed by atoms with Crippen LogP contribution in [0.15, 0.2) is 29.2 Å². The molecule has 0 amide bonds. The Morgan fingerprint density at radius 1 is 1.08 bits per heavy atom. The SMILES string of the molecule is CCOC(=O)OC[C@H]1OC(Oc2nn(C(C)=O)c(C)c2Cc2ccc(SCC)cc2)[C@H](O)[C@@H](O)[C@@H]1O. The van der Waals surface area contributed by atoms with E-state index in [9.17, 15) is 24.9 Å². The Morgan fingerprint density at radius 3 is 2.39 bits per heavy atom. The van der Waals surface area contributed by atoms with Crippen LogP contribution in [0.1, 0.15) is 42.4 Å². The van der Waals surface area contributed by atoms with Gasteiger partial charge in [0.25, 0.3) is 0 Å². The van der Waals surface area contributed by atoms with Crippen LogP contribution in [0.2, 0.25) is 0 Å². The van der Waals surface area contributed by atoms with Gasteiger partial charge in [0.1, 0.15) is 31.0 Å². The van der Waals surface area contributed by atoms with E-state index in [1.54, 1.807) is 25.6 Å². The van der Waals surface area contributed by atoms with E-state index in [0.29, 0.717) is 17.7 Å². The van der Waals surface area contributed by atoms with Crippen LogP contribution in [-0.2, 0) is 20.6 Å². The third-order valence-corrected chi connectivity index (χ3v) is 6.54. The van der Waals surface area contributed by atoms with Gasteiger partial charge < -0.3 is 34.3 Å². The van der Waals surface area contributed by atoms with Crippen molar-refractivity contribution in [2.45, 2.75) is 69.7 Å². The third-order valence-electron chi connectivity index (χ3n) is 5.64. The van der Waals surface area contributed by atoms with Gasteiger partial charge in [-0.05, 0) is 37.3 Å². The molecule has 5 atom stereocenters. The number of aliphatic hydroxyl groups is 3. The van der Waals surface area contributed by atoms with E-state index in [0.717, 1.165) is 16.2 Å². The monoisotopic (exact) mass is 524 g/mol. The molecule has 36 heavy (non-hydrogen) atoms. The third kappa shape index (κ3) is 6.56. The minimum Gasteiger partial charge on any atom is -0.443 e. The summed E-state index contributed by atoms with van der Waals surface area (Å²) in [6.07, 6.45) is -8.09. The quantitative estimate of drug-likeness (QED) is 0.326. The highest BCUT2D eigenvalue weighted by molar-refractivity contribution is 7.99. The number of aromatic nitrogens is 2. The number of ether oxygens (including phenoxy) is 4. The summed E-state index contributed by atoms with van der Waals surface area (Å²) in [6, 6.07) is 7.96. The summed E-state index contributed by atoms with van der Waals surface area (Å²) in [5.41, 5.74) is 2.10. The molecule has 12 heteroatoms. The molecule has 0 bridgehead atoms. The Labute approximate surface area is 213 Å². The lowest BCUT2D eigenvalue weighted by molar-refractivity contribution is -0.278. The molecule has 1 fully saturated rings. The molecule has 2 heterocycles. The molecule has 0 radical (unpaired) electrons. The number of hydrogen-bond donors (Lipinski definition) is 3. The fraction of sp³-hybridized carbons (Fsp3) is 0.542. The summed E-state index contributed by atoms with van der Waals surface area (Å²) in [4.78, 5) is 24.8. The molecule has 11 nitrogen and oxygen atoms in total. The average molecular weight is 525 g/mol. The lowest BCUT2D eigenvalue weighted by Crippen LogP contribution is -2.60. The van der Waals surface area contributed by atoms with Gasteiger partial charge in [-0.25, -0.2) is 9.48 Å². The summed E-state index contributed by atoms with van der Waals surface area (Å²) < 4.78 is 22.2. The van der Waals surface area contributed by atoms with Gasteiger partial charge in [-0.3, -0.25) is 4.79 Å². The normalized spacial score (nSPS) is 23.8. The second-order valence-corrected chi connectivity index (χ2v) is 9.52. The van der Waals surface area contributed by atoms with Crippen LogP contribution in [0, 0.1) is 6.92 Å². The Hall–Kier alpha value is -2.64. The van der Waals surface area contributed by atoms with Crippen LogP contribution in [0.4, 0.5) is 4.79 Å². The van der Waals surface area contributed by atoms with Gasteiger partial charge in [0, 0.05) is 23.8 Å². The smallest absolute Gasteiger partial charge is 0.443 e. The van der Waals surface area contributed by atoms with Crippen LogP contribution < -0.4 is 4.74 Å². The average Bonchev–Trinajstić information content (AvgIpc) is 3.15. The molecular weight excluding hydrogens is 492 g/mol. The van der Waals surface area contributed by atoms with E-state index < -0.39 is 43.5 Å². The maximum absolute atomic E-state index is 12.1. The van der Waals surface area contributed by atoms with Crippen LogP contribution in [0.3, 0.4) is 0 Å². The predicted octanol–water partition coefficient (Wildman–Crippen LogP) is 1.91. The Bertz CT molecular complexity index is 1040. The number of hydrogen-bond acceptors (Lipinski definition) is 11. The molecule has 1 aliphatic rings. The van der Waals surface area contributed by atoms with Crippen LogP contribution in [-0.4, -0.2) is 86.8 Å². The van der Waals surface area contributed by atoms with Gasteiger partial charge in [0.05, 0.1) is 12.3 Å². The highest BCUT2D eigenvalue weighted by atomic mass is 32.2. The van der Waals surface area contributed by atoms with E-state index in [2.05, 4.69) is 16.8 Å². The molecule has 1 aromatic carbocycles. The number of carbonyl (C=O) groups excluding carboxylic acids is 2. The molecule has 198 valence electrons. The van der Waals surface area contributed by atoms with Gasteiger partial charge in [-0.2, -0.15) is 0 Å². The molecule has 0 aliphatic carbocycles. The van der Waals surface area contributed by atoms with Crippen LogP contribution >= 0.6 is 11.8 Å². The number of carbonyl (C=O) groups is 2. The van der Waals surface area contributed by atoms with E-state index in [1.807, 2.05) is 24.3 Å². The van der Waals surface area contributed by atoms with Crippen molar-refractivity contribution in [1.29, 1.82) is 0 Å². The second kappa shape index (κ2) is 12.5. The maximum atomic E-state index is 12.1. The Morgan fingerprint density at radius 2 is 1.78 bits per heavy atom. The summed E-state index contributed by atoms with van der Waals surface area (Å²) >= 11 is 1.72. The van der Waals surface area contributed by atoms with Crippen LogP contribution in [0.5, 0.6) is 5.88 Å². The van der Waals surface area contributed by atoms with Gasteiger partial charge in [0.15, 0.2) is 0 Å². The number of nitrogens with zero attached hydrogens (tertiary/aromatic N) is 2. The van der Waals surface area contributed by atoms with Crippen molar-refractivity contribution >= 4 is 23.8 Å². The molecule has 2 aromatic rings. The maximum Gasteiger partial charge on any atom is 0.508 e. The minimum atomic E-state index is -1.65. The zero-order valence-electron chi connectivity index (χ0n) is 20.6. The van der Waals surface area contributed by atoms with E-state index in [-0.39, 0.29) is 18.4 Å². The van der Waals surface area contributed by atoms with Crippen molar-refractivity contribution in [1.82, 2.24) is 9.78 Å². The molecular formula is C24H32N2O9S. The largest absolute Gasteiger partial charge is 0.508 e. The number of aliphatic hydroxyl groups excluding tert-OH is 3. The first kappa shape index (κ1) is 27.9. The van der Waals surface area contributed by atoms with Crippen molar-refractivity contribution in [2.24, 2.45) is 0 Å². The summed E-state index contributed by atoms with van der Waals surface area (Å²) in [7, 11) is 0. The molecule has 1 aliphatic heterocycles. The Balaban J connectivity index is 1.83. The summed E-state index contributed by atoms with van der Waals surface area (Å²) in [5.74, 6) is 0.657. The lowest BCUT2D eigenvalue weighted by atomic mass is 9.99. The standard InChI is InChI=1S/C24H32N2O9S/c1-5-32-24(31)33-12-18-19(28)20(29)21(30)23(34-18)35-22-17(13(3)26(25-22)14(4)27)11-15-7-9-16(10-8-15)36-6-2/h7-10,18-21,23,28-30H,5-6,11-12H2,1-4H3/t18-,19-,20+,21-,23?/m1/s1. The first-order valence-corrected chi connectivity index (χ1v) is 12.6. The first-order valence-electron chi connectivity index (χ1n) is 11.6. The van der Waals surface area contributed by atoms with Crippen molar-refractivity contribution in [3.8, 4) is 5.88 Å². The molecule has 1 aromatic heterocycles. The minimum absolute atomic E-state index is 0.0346. The lowest BCUT2D eigenvalue weighted by Gasteiger charge is -2.39. The fourth-order valence-corrected chi connectivity index (χ4v) is 4.42. The molecule has 1 unspecified atom stereocenters. The Kier molecular flexibility index (Phi) is 9.74. The predicted molar refractivity (Wildman–Crippen MR) is 129 cm³/mol. The van der Waals surface area contributed by atoms with E-state index in [1.165, 1.54) is 11.6 Å². The molecule has 3 N–H and O–H groups in total. The molecule has 0 spiro atoms. The molecule has 1 saturated heterocycles. The summed E-state index contributed by atoms with van der Waals surface area (Å²) in [6.45, 7) is 6.42. The van der Waals surface area contributed by atoms with Crippen molar-refractivity contribution in [3.05, 3.63) is 41.1 Å². The number of rotatable bonds is 9. The topological polar surface area (TPSA) is 150 Å². The fourth-order valence-electron chi connectivity index (χ4n) is 3.76. The molecule has 3 rings (SSSR count). The zero-order valence-corrected chi connectivity index (χ0v) is 21.4. The zero-order chi connectivity index (χ0) is 26.4. The highest BCUT2D eigenvalue weighted by Gasteiger charge is 2.46. The highest BCUT2D eigenvalue weighted by Crippen LogP contribution is 2.30. The number of thioether (sulfide) groups is 1. The summed E-state index contributed by atoms with van der Waals surface area (Å²) in [5, 5.41) is 35.4. The van der Waals surface area contributed by atoms with Gasteiger partial charge in [-0.1, -0.05) is 19.1 Å². The van der Waals surface area contributed by atoms with Crippen molar-refractivity contribution in [3.63, 3.8) is 0 Å². The second-order valence-electron chi connectivity index (χ2n) is 8.18. The number of benzene rings is 1. The van der Waals surface area contributed by atoms with Gasteiger partial charge in [-0.15, -0.1) is 16.9 Å². The van der Waals surface area contributed by atoms with Crippen molar-refractivity contribution in [2.75, 3.05) is 19.0 Å².